The number of piperidine rings is 1. The Bertz CT molecular complexity index is 843. The Morgan fingerprint density at radius 1 is 1.21 bits per heavy atom. The minimum atomic E-state index is -0.954. The quantitative estimate of drug-likeness (QED) is 0.818. The van der Waals surface area contributed by atoms with Gasteiger partial charge in [0, 0.05) is 36.8 Å². The molecule has 0 atom stereocenters. The number of anilines is 1. The van der Waals surface area contributed by atoms with Gasteiger partial charge in [0.15, 0.2) is 0 Å². The number of rotatable bonds is 5. The Kier molecular flexibility index (Phi) is 5.48. The molecule has 4 rings (SSSR count). The Morgan fingerprint density at radius 2 is 1.93 bits per heavy atom. The summed E-state index contributed by atoms with van der Waals surface area (Å²) in [6.07, 6.45) is 3.58. The molecule has 0 amide bonds. The molecule has 2 saturated heterocycles. The first-order valence-corrected chi connectivity index (χ1v) is 9.95. The predicted molar refractivity (Wildman–Crippen MR) is 109 cm³/mol. The van der Waals surface area contributed by atoms with E-state index in [4.69, 9.17) is 4.74 Å². The highest BCUT2D eigenvalue weighted by Gasteiger charge is 2.40. The van der Waals surface area contributed by atoms with Crippen LogP contribution in [0.15, 0.2) is 30.5 Å². The first kappa shape index (κ1) is 19.1. The van der Waals surface area contributed by atoms with E-state index in [2.05, 4.69) is 27.1 Å². The number of aromatic carboxylic acids is 1. The number of pyridine rings is 1. The lowest BCUT2D eigenvalue weighted by Crippen LogP contribution is -2.61. The van der Waals surface area contributed by atoms with Crippen molar-refractivity contribution in [3.05, 3.63) is 36.0 Å². The average Bonchev–Trinajstić information content (AvgIpc) is 2.74. The van der Waals surface area contributed by atoms with Gasteiger partial charge in [0.2, 0.25) is 0 Å². The molecule has 2 N–H and O–H groups in total. The summed E-state index contributed by atoms with van der Waals surface area (Å²) < 4.78 is 5.57. The maximum Gasteiger partial charge on any atom is 0.339 e. The van der Waals surface area contributed by atoms with Crippen molar-refractivity contribution in [1.29, 1.82) is 0 Å². The van der Waals surface area contributed by atoms with Crippen LogP contribution < -0.4 is 5.32 Å². The van der Waals surface area contributed by atoms with Gasteiger partial charge in [-0.05, 0) is 39.0 Å². The molecular formula is C21H28N4O3. The number of carboxylic acids is 1. The molecule has 2 aliphatic rings. The van der Waals surface area contributed by atoms with Gasteiger partial charge in [0.25, 0.3) is 0 Å². The van der Waals surface area contributed by atoms with E-state index in [0.717, 1.165) is 69.7 Å². The molecular weight excluding hydrogens is 356 g/mol. The van der Waals surface area contributed by atoms with Crippen LogP contribution in [-0.4, -0.2) is 84.4 Å². The zero-order valence-electron chi connectivity index (χ0n) is 16.4. The zero-order valence-corrected chi connectivity index (χ0v) is 16.4. The average molecular weight is 384 g/mol. The highest BCUT2D eigenvalue weighted by atomic mass is 16.5. The van der Waals surface area contributed by atoms with Crippen molar-refractivity contribution in [2.24, 2.45) is 0 Å². The van der Waals surface area contributed by atoms with E-state index in [-0.39, 0.29) is 11.1 Å². The van der Waals surface area contributed by atoms with Gasteiger partial charge in [0.05, 0.1) is 24.4 Å². The smallest absolute Gasteiger partial charge is 0.339 e. The topological polar surface area (TPSA) is 77.9 Å². The molecule has 2 fully saturated rings. The SMILES string of the molecule is CN1CCC(CNc2c(C(=O)O)cnc3ccccc23)(N2CCOCC2)CC1. The third kappa shape index (κ3) is 3.70. The van der Waals surface area contributed by atoms with Crippen LogP contribution in [0.2, 0.25) is 0 Å². The predicted octanol–water partition coefficient (Wildman–Crippen LogP) is 2.14. The highest BCUT2D eigenvalue weighted by molar-refractivity contribution is 6.04. The van der Waals surface area contributed by atoms with Crippen molar-refractivity contribution in [2.45, 2.75) is 18.4 Å². The molecule has 1 aromatic heterocycles. The molecule has 2 aliphatic heterocycles. The van der Waals surface area contributed by atoms with Gasteiger partial charge in [-0.3, -0.25) is 9.88 Å². The summed E-state index contributed by atoms with van der Waals surface area (Å²) in [4.78, 5) is 21.1. The minimum absolute atomic E-state index is 0.0104. The molecule has 28 heavy (non-hydrogen) atoms. The third-order valence-electron chi connectivity index (χ3n) is 6.20. The number of hydrogen-bond donors (Lipinski definition) is 2. The number of benzene rings is 1. The number of nitrogens with zero attached hydrogens (tertiary/aromatic N) is 3. The van der Waals surface area contributed by atoms with Crippen LogP contribution in [0.5, 0.6) is 0 Å². The second-order valence-corrected chi connectivity index (χ2v) is 7.85. The minimum Gasteiger partial charge on any atom is -0.478 e. The van der Waals surface area contributed by atoms with Crippen LogP contribution in [0, 0.1) is 0 Å². The fourth-order valence-corrected chi connectivity index (χ4v) is 4.42. The van der Waals surface area contributed by atoms with Gasteiger partial charge in [-0.1, -0.05) is 18.2 Å². The Morgan fingerprint density at radius 3 is 2.64 bits per heavy atom. The Labute approximate surface area is 165 Å². The molecule has 0 spiro atoms. The van der Waals surface area contributed by atoms with Gasteiger partial charge >= 0.3 is 5.97 Å². The number of likely N-dealkylation sites (tertiary alicyclic amines) is 1. The van der Waals surface area contributed by atoms with Gasteiger partial charge < -0.3 is 20.1 Å². The summed E-state index contributed by atoms with van der Waals surface area (Å²) in [5.74, 6) is -0.954. The Hall–Kier alpha value is -2.22. The van der Waals surface area contributed by atoms with Crippen LogP contribution in [0.25, 0.3) is 10.9 Å². The standard InChI is InChI=1S/C21H28N4O3/c1-24-8-6-21(7-9-24,25-10-12-28-13-11-25)15-23-19-16-4-2-3-5-18(16)22-14-17(19)20(26)27/h2-5,14H,6-13,15H2,1H3,(H,22,23)(H,26,27). The normalized spacial score (nSPS) is 20.9. The highest BCUT2D eigenvalue weighted by Crippen LogP contribution is 2.32. The lowest BCUT2D eigenvalue weighted by atomic mass is 9.85. The maximum absolute atomic E-state index is 11.8. The van der Waals surface area contributed by atoms with E-state index in [0.29, 0.717) is 5.69 Å². The molecule has 3 heterocycles. The monoisotopic (exact) mass is 384 g/mol. The Balaban J connectivity index is 1.65. The molecule has 7 nitrogen and oxygen atoms in total. The van der Waals surface area contributed by atoms with E-state index in [1.165, 1.54) is 6.20 Å². The number of carbonyl (C=O) groups is 1. The van der Waals surface area contributed by atoms with Crippen molar-refractivity contribution >= 4 is 22.6 Å². The van der Waals surface area contributed by atoms with Gasteiger partial charge in [-0.15, -0.1) is 0 Å². The molecule has 0 unspecified atom stereocenters. The van der Waals surface area contributed by atoms with Crippen LogP contribution >= 0.6 is 0 Å². The van der Waals surface area contributed by atoms with Crippen LogP contribution in [0.1, 0.15) is 23.2 Å². The summed E-state index contributed by atoms with van der Waals surface area (Å²) in [5.41, 5.74) is 1.71. The fourth-order valence-electron chi connectivity index (χ4n) is 4.42. The van der Waals surface area contributed by atoms with E-state index in [1.807, 2.05) is 24.3 Å². The van der Waals surface area contributed by atoms with Crippen molar-refractivity contribution in [3.8, 4) is 0 Å². The number of hydrogen-bond acceptors (Lipinski definition) is 6. The van der Waals surface area contributed by atoms with Gasteiger partial charge in [-0.2, -0.15) is 0 Å². The lowest BCUT2D eigenvalue weighted by Gasteiger charge is -2.50. The third-order valence-corrected chi connectivity index (χ3v) is 6.20. The number of morpholine rings is 1. The van der Waals surface area contributed by atoms with Crippen LogP contribution in [0.4, 0.5) is 5.69 Å². The molecule has 0 radical (unpaired) electrons. The first-order valence-electron chi connectivity index (χ1n) is 9.95. The van der Waals surface area contributed by atoms with E-state index >= 15 is 0 Å². The number of nitrogens with one attached hydrogen (secondary N) is 1. The maximum atomic E-state index is 11.8. The van der Waals surface area contributed by atoms with Crippen LogP contribution in [0.3, 0.4) is 0 Å². The fraction of sp³-hybridized carbons (Fsp3) is 0.524. The summed E-state index contributed by atoms with van der Waals surface area (Å²) in [6, 6.07) is 7.70. The van der Waals surface area contributed by atoms with E-state index in [1.54, 1.807) is 0 Å². The van der Waals surface area contributed by atoms with Gasteiger partial charge in [-0.25, -0.2) is 4.79 Å². The van der Waals surface area contributed by atoms with Gasteiger partial charge in [0.1, 0.15) is 5.56 Å². The number of carboxylic acid groups (broad SMARTS) is 1. The zero-order chi connectivity index (χ0) is 19.6. The number of para-hydroxylation sites is 1. The second-order valence-electron chi connectivity index (χ2n) is 7.85. The second kappa shape index (κ2) is 8.03. The summed E-state index contributed by atoms with van der Waals surface area (Å²) in [6.45, 7) is 6.17. The summed E-state index contributed by atoms with van der Waals surface area (Å²) in [5, 5.41) is 14.1. The molecule has 0 aliphatic carbocycles. The number of aromatic nitrogens is 1. The largest absolute Gasteiger partial charge is 0.478 e. The molecule has 7 heteroatoms. The van der Waals surface area contributed by atoms with Crippen LogP contribution in [-0.2, 0) is 4.74 Å². The molecule has 1 aromatic carbocycles. The first-order chi connectivity index (χ1) is 13.6. The number of ether oxygens (including phenoxy) is 1. The van der Waals surface area contributed by atoms with Crippen molar-refractivity contribution in [2.75, 3.05) is 58.3 Å². The number of fused-ring (bicyclic) bond motifs is 1. The van der Waals surface area contributed by atoms with Crippen molar-refractivity contribution in [1.82, 2.24) is 14.8 Å². The van der Waals surface area contributed by atoms with E-state index in [9.17, 15) is 9.90 Å². The molecule has 0 saturated carbocycles. The molecule has 150 valence electrons. The molecule has 0 bridgehead atoms. The van der Waals surface area contributed by atoms with E-state index < -0.39 is 5.97 Å². The molecule has 2 aromatic rings. The van der Waals surface area contributed by atoms with Crippen molar-refractivity contribution in [3.63, 3.8) is 0 Å². The summed E-state index contributed by atoms with van der Waals surface area (Å²) in [7, 11) is 2.16. The van der Waals surface area contributed by atoms with Crippen molar-refractivity contribution < 1.29 is 14.6 Å². The lowest BCUT2D eigenvalue weighted by molar-refractivity contribution is -0.0396. The summed E-state index contributed by atoms with van der Waals surface area (Å²) >= 11 is 0.